The van der Waals surface area contributed by atoms with Crippen LogP contribution in [0.3, 0.4) is 0 Å². The minimum Gasteiger partial charge on any atom is -0.496 e. The van der Waals surface area contributed by atoms with Crippen molar-refractivity contribution >= 4 is 23.4 Å². The Morgan fingerprint density at radius 1 is 1.06 bits per heavy atom. The third-order valence-electron chi connectivity index (χ3n) is 4.55. The van der Waals surface area contributed by atoms with Crippen molar-refractivity contribution in [1.29, 1.82) is 0 Å². The van der Waals surface area contributed by atoms with Gasteiger partial charge in [0.15, 0.2) is 0 Å². The molecule has 0 bridgehead atoms. The Hall–Kier alpha value is -3.48. The van der Waals surface area contributed by atoms with E-state index in [9.17, 15) is 9.59 Å². The number of hydrogen-bond acceptors (Lipinski definition) is 5. The number of para-hydroxylation sites is 1. The molecule has 0 aliphatic carbocycles. The second-order valence-corrected chi connectivity index (χ2v) is 8.16. The predicted molar refractivity (Wildman–Crippen MR) is 119 cm³/mol. The number of nitrogens with one attached hydrogen (secondary N) is 1. The predicted octanol–water partition coefficient (Wildman–Crippen LogP) is 5.33. The monoisotopic (exact) mass is 424 g/mol. The molecule has 31 heavy (non-hydrogen) atoms. The average molecular weight is 424 g/mol. The van der Waals surface area contributed by atoms with Gasteiger partial charge in [-0.1, -0.05) is 24.3 Å². The number of nitrogens with zero attached hydrogens (tertiary/aromatic N) is 1. The van der Waals surface area contributed by atoms with E-state index < -0.39 is 11.7 Å². The normalized spacial score (nSPS) is 13.8. The van der Waals surface area contributed by atoms with E-state index in [0.717, 1.165) is 17.6 Å². The van der Waals surface area contributed by atoms with Gasteiger partial charge >= 0.3 is 12.2 Å². The SMILES string of the molecule is COc1cc(NC(=O)Oc2ccccc2)ccc1C1=CCCN(C(=O)OC(C)(C)C)C1. The van der Waals surface area contributed by atoms with Gasteiger partial charge < -0.3 is 19.1 Å². The zero-order valence-corrected chi connectivity index (χ0v) is 18.3. The molecule has 2 amide bonds. The number of anilines is 1. The summed E-state index contributed by atoms with van der Waals surface area (Å²) in [7, 11) is 1.57. The zero-order chi connectivity index (χ0) is 22.4. The molecule has 0 aromatic heterocycles. The number of benzene rings is 2. The standard InChI is InChI=1S/C24H28N2O5/c1-24(2,3)31-23(28)26-14-8-9-17(16-26)20-13-12-18(15-21(20)29-4)25-22(27)30-19-10-6-5-7-11-19/h5-7,9-13,15H,8,14,16H2,1-4H3,(H,25,27). The molecule has 1 aliphatic rings. The molecule has 3 rings (SSSR count). The topological polar surface area (TPSA) is 77.1 Å². The van der Waals surface area contributed by atoms with Crippen LogP contribution in [0, 0.1) is 0 Å². The Balaban J connectivity index is 1.70. The summed E-state index contributed by atoms with van der Waals surface area (Å²) in [4.78, 5) is 26.3. The molecule has 1 heterocycles. The molecule has 0 saturated heterocycles. The number of methoxy groups -OCH3 is 1. The first kappa shape index (κ1) is 22.2. The summed E-state index contributed by atoms with van der Waals surface area (Å²) in [6.45, 7) is 6.58. The Bertz CT molecular complexity index is 964. The van der Waals surface area contributed by atoms with Gasteiger partial charge in [-0.15, -0.1) is 0 Å². The Kier molecular flexibility index (Phi) is 6.84. The smallest absolute Gasteiger partial charge is 0.417 e. The molecule has 1 aliphatic heterocycles. The minimum absolute atomic E-state index is 0.334. The number of ether oxygens (including phenoxy) is 3. The zero-order valence-electron chi connectivity index (χ0n) is 18.3. The lowest BCUT2D eigenvalue weighted by Crippen LogP contribution is -2.39. The molecular weight excluding hydrogens is 396 g/mol. The van der Waals surface area contributed by atoms with Gasteiger partial charge in [0.2, 0.25) is 0 Å². The van der Waals surface area contributed by atoms with Gasteiger partial charge in [-0.3, -0.25) is 5.32 Å². The van der Waals surface area contributed by atoms with Crippen molar-refractivity contribution < 1.29 is 23.8 Å². The van der Waals surface area contributed by atoms with E-state index in [0.29, 0.717) is 30.3 Å². The van der Waals surface area contributed by atoms with E-state index in [-0.39, 0.29) is 6.09 Å². The first-order valence-electron chi connectivity index (χ1n) is 10.1. The summed E-state index contributed by atoms with van der Waals surface area (Å²) in [5.41, 5.74) is 1.82. The second kappa shape index (κ2) is 9.55. The summed E-state index contributed by atoms with van der Waals surface area (Å²) in [6, 6.07) is 14.2. The van der Waals surface area contributed by atoms with E-state index in [2.05, 4.69) is 11.4 Å². The van der Waals surface area contributed by atoms with Gasteiger partial charge in [-0.05, 0) is 57.0 Å². The van der Waals surface area contributed by atoms with Gasteiger partial charge in [0.05, 0.1) is 7.11 Å². The minimum atomic E-state index is -0.589. The second-order valence-electron chi connectivity index (χ2n) is 8.16. The highest BCUT2D eigenvalue weighted by Crippen LogP contribution is 2.32. The maximum Gasteiger partial charge on any atom is 0.417 e. The highest BCUT2D eigenvalue weighted by atomic mass is 16.6. The summed E-state index contributed by atoms with van der Waals surface area (Å²) < 4.78 is 16.3. The van der Waals surface area contributed by atoms with Gasteiger partial charge in [0, 0.05) is 30.4 Å². The lowest BCUT2D eigenvalue weighted by atomic mass is 10.00. The molecule has 1 N–H and O–H groups in total. The first-order valence-corrected chi connectivity index (χ1v) is 10.1. The average Bonchev–Trinajstić information content (AvgIpc) is 2.73. The van der Waals surface area contributed by atoms with Crippen LogP contribution in [-0.4, -0.2) is 42.9 Å². The summed E-state index contributed by atoms with van der Waals surface area (Å²) in [6.07, 6.45) is 1.89. The van der Waals surface area contributed by atoms with E-state index in [1.165, 1.54) is 0 Å². The molecule has 2 aromatic carbocycles. The van der Waals surface area contributed by atoms with Gasteiger partial charge in [0.25, 0.3) is 0 Å². The van der Waals surface area contributed by atoms with Gasteiger partial charge in [0.1, 0.15) is 17.1 Å². The first-order chi connectivity index (χ1) is 14.7. The number of rotatable bonds is 4. The maximum atomic E-state index is 12.5. The fourth-order valence-electron chi connectivity index (χ4n) is 3.19. The van der Waals surface area contributed by atoms with Crippen LogP contribution in [0.4, 0.5) is 15.3 Å². The van der Waals surface area contributed by atoms with Crippen LogP contribution in [0.1, 0.15) is 32.8 Å². The number of carbonyl (C=O) groups is 2. The van der Waals surface area contributed by atoms with Crippen LogP contribution in [-0.2, 0) is 4.74 Å². The number of carbonyl (C=O) groups excluding carboxylic acids is 2. The highest BCUT2D eigenvalue weighted by molar-refractivity contribution is 5.87. The number of hydrogen-bond donors (Lipinski definition) is 1. The van der Waals surface area contributed by atoms with Crippen molar-refractivity contribution in [2.45, 2.75) is 32.8 Å². The molecular formula is C24H28N2O5. The Morgan fingerprint density at radius 3 is 2.48 bits per heavy atom. The molecule has 7 nitrogen and oxygen atoms in total. The molecule has 0 fully saturated rings. The summed E-state index contributed by atoms with van der Waals surface area (Å²) in [5.74, 6) is 1.05. The highest BCUT2D eigenvalue weighted by Gasteiger charge is 2.25. The third kappa shape index (κ3) is 6.25. The maximum absolute atomic E-state index is 12.5. The van der Waals surface area contributed by atoms with E-state index >= 15 is 0 Å². The van der Waals surface area contributed by atoms with Crippen molar-refractivity contribution in [3.8, 4) is 11.5 Å². The largest absolute Gasteiger partial charge is 0.496 e. The van der Waals surface area contributed by atoms with Gasteiger partial charge in [-0.25, -0.2) is 9.59 Å². The number of amides is 2. The Morgan fingerprint density at radius 2 is 1.81 bits per heavy atom. The quantitative estimate of drug-likeness (QED) is 0.718. The van der Waals surface area contributed by atoms with Crippen LogP contribution in [0.5, 0.6) is 11.5 Å². The van der Waals surface area contributed by atoms with Crippen molar-refractivity contribution in [3.63, 3.8) is 0 Å². The fraction of sp³-hybridized carbons (Fsp3) is 0.333. The third-order valence-corrected chi connectivity index (χ3v) is 4.55. The Labute approximate surface area is 182 Å². The molecule has 0 radical (unpaired) electrons. The molecule has 7 heteroatoms. The molecule has 0 atom stereocenters. The summed E-state index contributed by atoms with van der Waals surface area (Å²) >= 11 is 0. The lowest BCUT2D eigenvalue weighted by Gasteiger charge is -2.30. The molecule has 164 valence electrons. The lowest BCUT2D eigenvalue weighted by molar-refractivity contribution is 0.0273. The van der Waals surface area contributed by atoms with Crippen molar-refractivity contribution in [3.05, 3.63) is 60.2 Å². The van der Waals surface area contributed by atoms with E-state index in [1.807, 2.05) is 32.9 Å². The van der Waals surface area contributed by atoms with Crippen LogP contribution >= 0.6 is 0 Å². The van der Waals surface area contributed by atoms with Gasteiger partial charge in [-0.2, -0.15) is 0 Å². The van der Waals surface area contributed by atoms with Crippen molar-refractivity contribution in [1.82, 2.24) is 4.90 Å². The van der Waals surface area contributed by atoms with Crippen LogP contribution < -0.4 is 14.8 Å². The van der Waals surface area contributed by atoms with Crippen LogP contribution in [0.2, 0.25) is 0 Å². The molecule has 0 unspecified atom stereocenters. The van der Waals surface area contributed by atoms with E-state index in [4.69, 9.17) is 14.2 Å². The van der Waals surface area contributed by atoms with Crippen LogP contribution in [0.15, 0.2) is 54.6 Å². The van der Waals surface area contributed by atoms with Crippen LogP contribution in [0.25, 0.3) is 5.57 Å². The van der Waals surface area contributed by atoms with Crippen molar-refractivity contribution in [2.75, 3.05) is 25.5 Å². The fourth-order valence-corrected chi connectivity index (χ4v) is 3.19. The molecule has 0 saturated carbocycles. The van der Waals surface area contributed by atoms with E-state index in [1.54, 1.807) is 48.4 Å². The molecule has 2 aromatic rings. The summed E-state index contributed by atoms with van der Waals surface area (Å²) in [5, 5.41) is 2.70. The van der Waals surface area contributed by atoms with Crippen molar-refractivity contribution in [2.24, 2.45) is 0 Å². The molecule has 0 spiro atoms.